The van der Waals surface area contributed by atoms with Gasteiger partial charge in [0, 0.05) is 12.0 Å². The van der Waals surface area contributed by atoms with Gasteiger partial charge in [0.1, 0.15) is 6.10 Å². The van der Waals surface area contributed by atoms with Crippen LogP contribution in [-0.2, 0) is 4.74 Å². The lowest BCUT2D eigenvalue weighted by atomic mass is 10.0. The maximum absolute atomic E-state index is 12.0. The van der Waals surface area contributed by atoms with E-state index in [2.05, 4.69) is 0 Å². The lowest BCUT2D eigenvalue weighted by Gasteiger charge is -2.15. The van der Waals surface area contributed by atoms with Crippen molar-refractivity contribution in [1.29, 1.82) is 0 Å². The lowest BCUT2D eigenvalue weighted by Crippen LogP contribution is -2.25. The van der Waals surface area contributed by atoms with E-state index in [-0.39, 0.29) is 12.2 Å². The van der Waals surface area contributed by atoms with Gasteiger partial charge in [0.25, 0.3) is 0 Å². The molecule has 0 aromatic heterocycles. The van der Waals surface area contributed by atoms with E-state index in [0.717, 1.165) is 5.75 Å². The van der Waals surface area contributed by atoms with Gasteiger partial charge in [-0.3, -0.25) is 4.79 Å². The summed E-state index contributed by atoms with van der Waals surface area (Å²) in [6.07, 6.45) is 1.49. The van der Waals surface area contributed by atoms with Crippen LogP contribution in [0.1, 0.15) is 23.2 Å². The molecule has 0 radical (unpaired) electrons. The van der Waals surface area contributed by atoms with Crippen LogP contribution in [0.3, 0.4) is 0 Å². The summed E-state index contributed by atoms with van der Waals surface area (Å²) in [7, 11) is 0. The number of thioether (sulfide) groups is 1. The first kappa shape index (κ1) is 14.6. The zero-order valence-corrected chi connectivity index (χ0v) is 11.1. The number of hydrogen-bond donors (Lipinski definition) is 1. The molecular formula is C13H17NO3S. The summed E-state index contributed by atoms with van der Waals surface area (Å²) in [5, 5.41) is 0. The molecule has 0 spiro atoms. The number of hydrogen-bond acceptors (Lipinski definition) is 4. The van der Waals surface area contributed by atoms with E-state index in [1.165, 1.54) is 0 Å². The Morgan fingerprint density at radius 2 is 2.00 bits per heavy atom. The molecule has 0 heterocycles. The number of carbonyl (C=O) groups excluding carboxylic acids is 2. The van der Waals surface area contributed by atoms with E-state index in [4.69, 9.17) is 10.5 Å². The number of ketones is 1. The number of primary amides is 1. The minimum absolute atomic E-state index is 0.0389. The average molecular weight is 267 g/mol. The zero-order valence-electron chi connectivity index (χ0n) is 10.3. The summed E-state index contributed by atoms with van der Waals surface area (Å²) in [5.74, 6) is 0.781. The fourth-order valence-electron chi connectivity index (χ4n) is 1.56. The van der Waals surface area contributed by atoms with E-state index >= 15 is 0 Å². The van der Waals surface area contributed by atoms with E-state index < -0.39 is 12.2 Å². The third kappa shape index (κ3) is 5.23. The second kappa shape index (κ2) is 7.76. The molecule has 1 unspecified atom stereocenters. The van der Waals surface area contributed by atoms with Crippen molar-refractivity contribution in [2.45, 2.75) is 18.9 Å². The highest BCUT2D eigenvalue weighted by Crippen LogP contribution is 2.12. The molecule has 1 atom stereocenters. The molecule has 0 aliphatic carbocycles. The van der Waals surface area contributed by atoms with Crippen molar-refractivity contribution in [3.63, 3.8) is 0 Å². The molecule has 5 heteroatoms. The predicted molar refractivity (Wildman–Crippen MR) is 72.8 cm³/mol. The summed E-state index contributed by atoms with van der Waals surface area (Å²) in [6.45, 7) is 0. The quantitative estimate of drug-likeness (QED) is 0.770. The molecule has 1 aromatic rings. The molecule has 0 aliphatic rings. The molecule has 2 N–H and O–H groups in total. The number of benzene rings is 1. The van der Waals surface area contributed by atoms with Crippen molar-refractivity contribution in [2.75, 3.05) is 12.0 Å². The normalized spacial score (nSPS) is 11.8. The molecule has 1 aromatic carbocycles. The molecule has 0 saturated carbocycles. The largest absolute Gasteiger partial charge is 0.446 e. The first-order valence-electron chi connectivity index (χ1n) is 5.66. The highest BCUT2D eigenvalue weighted by Gasteiger charge is 2.17. The number of amides is 1. The Labute approximate surface area is 111 Å². The fraction of sp³-hybridized carbons (Fsp3) is 0.385. The SMILES string of the molecule is CSCCC(CC(=O)c1ccccc1)OC(N)=O. The molecule has 0 aliphatic heterocycles. The number of nitrogens with two attached hydrogens (primary N) is 1. The highest BCUT2D eigenvalue weighted by molar-refractivity contribution is 7.98. The maximum atomic E-state index is 12.0. The lowest BCUT2D eigenvalue weighted by molar-refractivity contribution is 0.0784. The van der Waals surface area contributed by atoms with Gasteiger partial charge in [-0.2, -0.15) is 11.8 Å². The summed E-state index contributed by atoms with van der Waals surface area (Å²) >= 11 is 1.64. The van der Waals surface area contributed by atoms with Crippen molar-refractivity contribution in [1.82, 2.24) is 0 Å². The molecule has 0 saturated heterocycles. The van der Waals surface area contributed by atoms with E-state index in [1.54, 1.807) is 36.0 Å². The molecular weight excluding hydrogens is 250 g/mol. The van der Waals surface area contributed by atoms with E-state index in [1.807, 2.05) is 12.3 Å². The monoisotopic (exact) mass is 267 g/mol. The van der Waals surface area contributed by atoms with Gasteiger partial charge in [-0.05, 0) is 18.4 Å². The van der Waals surface area contributed by atoms with Gasteiger partial charge in [-0.1, -0.05) is 30.3 Å². The number of ether oxygens (including phenoxy) is 1. The van der Waals surface area contributed by atoms with Gasteiger partial charge in [0.15, 0.2) is 5.78 Å². The Bertz CT molecular complexity index is 394. The fourth-order valence-corrected chi connectivity index (χ4v) is 2.06. The molecule has 98 valence electrons. The van der Waals surface area contributed by atoms with Crippen molar-refractivity contribution < 1.29 is 14.3 Å². The molecule has 0 bridgehead atoms. The smallest absolute Gasteiger partial charge is 0.404 e. The number of rotatable bonds is 7. The summed E-state index contributed by atoms with van der Waals surface area (Å²) < 4.78 is 4.95. The van der Waals surface area contributed by atoms with Crippen LogP contribution in [0.4, 0.5) is 4.79 Å². The highest BCUT2D eigenvalue weighted by atomic mass is 32.2. The summed E-state index contributed by atoms with van der Waals surface area (Å²) in [5.41, 5.74) is 5.62. The van der Waals surface area contributed by atoms with Crippen molar-refractivity contribution in [2.24, 2.45) is 5.73 Å². The minimum atomic E-state index is -0.832. The number of Topliss-reactive ketones (excluding diaryl/α,β-unsaturated/α-hetero) is 1. The first-order chi connectivity index (χ1) is 8.63. The first-order valence-corrected chi connectivity index (χ1v) is 7.06. The minimum Gasteiger partial charge on any atom is -0.446 e. The van der Waals surface area contributed by atoms with Crippen LogP contribution in [-0.4, -0.2) is 30.0 Å². The molecule has 1 amide bonds. The molecule has 4 nitrogen and oxygen atoms in total. The second-order valence-corrected chi connectivity index (χ2v) is 4.82. The third-order valence-corrected chi connectivity index (χ3v) is 3.08. The number of carbonyl (C=O) groups is 2. The van der Waals surface area contributed by atoms with Gasteiger partial charge < -0.3 is 10.5 Å². The Balaban J connectivity index is 2.59. The van der Waals surface area contributed by atoms with Gasteiger partial charge in [-0.25, -0.2) is 4.79 Å². The summed E-state index contributed by atoms with van der Waals surface area (Å²) in [4.78, 5) is 22.7. The molecule has 1 rings (SSSR count). The summed E-state index contributed by atoms with van der Waals surface area (Å²) in [6, 6.07) is 8.95. The zero-order chi connectivity index (χ0) is 13.4. The van der Waals surface area contributed by atoms with Crippen LogP contribution in [0.25, 0.3) is 0 Å². The van der Waals surface area contributed by atoms with Crippen molar-refractivity contribution in [3.05, 3.63) is 35.9 Å². The van der Waals surface area contributed by atoms with Crippen LogP contribution in [0.2, 0.25) is 0 Å². The van der Waals surface area contributed by atoms with Crippen LogP contribution >= 0.6 is 11.8 Å². The van der Waals surface area contributed by atoms with Crippen molar-refractivity contribution in [3.8, 4) is 0 Å². The third-order valence-electron chi connectivity index (χ3n) is 2.44. The van der Waals surface area contributed by atoms with Crippen LogP contribution in [0.15, 0.2) is 30.3 Å². The molecule has 18 heavy (non-hydrogen) atoms. The van der Waals surface area contributed by atoms with E-state index in [9.17, 15) is 9.59 Å². The van der Waals surface area contributed by atoms with Crippen LogP contribution in [0.5, 0.6) is 0 Å². The van der Waals surface area contributed by atoms with E-state index in [0.29, 0.717) is 12.0 Å². The Morgan fingerprint density at radius 3 is 2.56 bits per heavy atom. The maximum Gasteiger partial charge on any atom is 0.404 e. The van der Waals surface area contributed by atoms with Gasteiger partial charge >= 0.3 is 6.09 Å². The Morgan fingerprint density at radius 1 is 1.33 bits per heavy atom. The van der Waals surface area contributed by atoms with Crippen LogP contribution < -0.4 is 5.73 Å². The topological polar surface area (TPSA) is 69.4 Å². The average Bonchev–Trinajstić information content (AvgIpc) is 2.36. The second-order valence-electron chi connectivity index (χ2n) is 3.83. The van der Waals surface area contributed by atoms with Crippen LogP contribution in [0, 0.1) is 0 Å². The molecule has 0 fully saturated rings. The Hall–Kier alpha value is -1.49. The predicted octanol–water partition coefficient (Wildman–Crippen LogP) is 2.48. The van der Waals surface area contributed by atoms with Gasteiger partial charge in [0.05, 0.1) is 0 Å². The van der Waals surface area contributed by atoms with Gasteiger partial charge in [-0.15, -0.1) is 0 Å². The Kier molecular flexibility index (Phi) is 6.28. The standard InChI is InChI=1S/C13H17NO3S/c1-18-8-7-11(17-13(14)16)9-12(15)10-5-3-2-4-6-10/h2-6,11H,7-9H2,1H3,(H2,14,16). The van der Waals surface area contributed by atoms with Crippen molar-refractivity contribution >= 4 is 23.6 Å². The van der Waals surface area contributed by atoms with Gasteiger partial charge in [0.2, 0.25) is 0 Å².